The van der Waals surface area contributed by atoms with Crippen molar-refractivity contribution < 1.29 is 14.4 Å². The molecule has 0 aliphatic rings. The van der Waals surface area contributed by atoms with E-state index in [0.717, 1.165) is 16.3 Å². The molecule has 0 radical (unpaired) electrons. The predicted octanol–water partition coefficient (Wildman–Crippen LogP) is 1.27. The maximum atomic E-state index is 12.0. The van der Waals surface area contributed by atoms with Crippen LogP contribution in [-0.4, -0.2) is 30.8 Å². The Labute approximate surface area is 140 Å². The summed E-state index contributed by atoms with van der Waals surface area (Å²) in [5, 5.41) is 9.90. The summed E-state index contributed by atoms with van der Waals surface area (Å²) >= 11 is 0. The second kappa shape index (κ2) is 8.10. The predicted molar refractivity (Wildman–Crippen MR) is 92.2 cm³/mol. The molecule has 126 valence electrons. The minimum atomic E-state index is -0.404. The lowest BCUT2D eigenvalue weighted by Crippen LogP contribution is -2.42. The summed E-state index contributed by atoms with van der Waals surface area (Å²) in [6.07, 6.45) is 0. The van der Waals surface area contributed by atoms with Gasteiger partial charge in [0.1, 0.15) is 0 Å². The molecule has 0 aliphatic carbocycles. The van der Waals surface area contributed by atoms with Crippen LogP contribution in [0.2, 0.25) is 0 Å². The Morgan fingerprint density at radius 2 is 1.58 bits per heavy atom. The first-order valence-corrected chi connectivity index (χ1v) is 7.75. The van der Waals surface area contributed by atoms with Crippen LogP contribution < -0.4 is 16.0 Å². The van der Waals surface area contributed by atoms with E-state index in [1.165, 1.54) is 6.92 Å². The highest BCUT2D eigenvalue weighted by Crippen LogP contribution is 2.23. The van der Waals surface area contributed by atoms with Crippen LogP contribution in [0.5, 0.6) is 0 Å². The van der Waals surface area contributed by atoms with E-state index in [2.05, 4.69) is 16.0 Å². The summed E-state index contributed by atoms with van der Waals surface area (Å²) in [4.78, 5) is 34.2. The van der Waals surface area contributed by atoms with E-state index < -0.39 is 5.91 Å². The number of nitrogens with one attached hydrogen (secondary N) is 3. The third-order valence-electron chi connectivity index (χ3n) is 3.61. The van der Waals surface area contributed by atoms with Gasteiger partial charge in [-0.3, -0.25) is 14.4 Å². The standard InChI is InChI=1S/C18H21N3O3/c1-12(15-9-5-7-14-6-3-4-8-16(14)15)21-18(24)11-20-17(23)10-19-13(2)22/h3-9,12H,10-11H2,1-2H3,(H,19,22)(H,20,23)(H,21,24)/t12-/m0/s1. The van der Waals surface area contributed by atoms with E-state index in [4.69, 9.17) is 0 Å². The van der Waals surface area contributed by atoms with Gasteiger partial charge in [-0.15, -0.1) is 0 Å². The van der Waals surface area contributed by atoms with Crippen LogP contribution in [0.4, 0.5) is 0 Å². The fourth-order valence-electron chi connectivity index (χ4n) is 2.44. The van der Waals surface area contributed by atoms with E-state index in [1.807, 2.05) is 49.4 Å². The molecule has 3 amide bonds. The minimum absolute atomic E-state index is 0.131. The third kappa shape index (κ3) is 4.81. The summed E-state index contributed by atoms with van der Waals surface area (Å²) in [7, 11) is 0. The molecule has 24 heavy (non-hydrogen) atoms. The summed E-state index contributed by atoms with van der Waals surface area (Å²) in [6.45, 7) is 2.96. The Kier molecular flexibility index (Phi) is 5.89. The number of rotatable bonds is 6. The summed E-state index contributed by atoms with van der Waals surface area (Å²) in [5.74, 6) is -0.982. The van der Waals surface area contributed by atoms with Gasteiger partial charge in [0.05, 0.1) is 19.1 Å². The molecule has 1 atom stereocenters. The highest BCUT2D eigenvalue weighted by molar-refractivity contribution is 5.89. The molecule has 0 fully saturated rings. The highest BCUT2D eigenvalue weighted by Gasteiger charge is 2.13. The quantitative estimate of drug-likeness (QED) is 0.747. The Morgan fingerprint density at radius 3 is 2.33 bits per heavy atom. The van der Waals surface area contributed by atoms with Gasteiger partial charge >= 0.3 is 0 Å². The molecule has 3 N–H and O–H groups in total. The number of carbonyl (C=O) groups excluding carboxylic acids is 3. The molecule has 2 aromatic carbocycles. The van der Waals surface area contributed by atoms with E-state index in [-0.39, 0.29) is 30.9 Å². The zero-order valence-corrected chi connectivity index (χ0v) is 13.8. The fourth-order valence-corrected chi connectivity index (χ4v) is 2.44. The van der Waals surface area contributed by atoms with Crippen molar-refractivity contribution in [2.75, 3.05) is 13.1 Å². The molecule has 6 nitrogen and oxygen atoms in total. The maximum Gasteiger partial charge on any atom is 0.239 e. The molecular weight excluding hydrogens is 306 g/mol. The third-order valence-corrected chi connectivity index (χ3v) is 3.61. The molecule has 0 heterocycles. The van der Waals surface area contributed by atoms with Gasteiger partial charge in [0.15, 0.2) is 0 Å². The van der Waals surface area contributed by atoms with Gasteiger partial charge in [0.25, 0.3) is 0 Å². The molecule has 2 rings (SSSR count). The van der Waals surface area contributed by atoms with Gasteiger partial charge in [-0.05, 0) is 23.3 Å². The number of hydrogen-bond donors (Lipinski definition) is 3. The average Bonchev–Trinajstić information content (AvgIpc) is 2.57. The van der Waals surface area contributed by atoms with Crippen molar-refractivity contribution in [2.24, 2.45) is 0 Å². The van der Waals surface area contributed by atoms with E-state index in [1.54, 1.807) is 0 Å². The van der Waals surface area contributed by atoms with Crippen LogP contribution in [0.25, 0.3) is 10.8 Å². The largest absolute Gasteiger partial charge is 0.348 e. The number of benzene rings is 2. The van der Waals surface area contributed by atoms with Gasteiger partial charge in [-0.2, -0.15) is 0 Å². The van der Waals surface area contributed by atoms with Crippen molar-refractivity contribution in [3.63, 3.8) is 0 Å². The Hall–Kier alpha value is -2.89. The number of hydrogen-bond acceptors (Lipinski definition) is 3. The molecule has 6 heteroatoms. The molecule has 0 spiro atoms. The second-order valence-corrected chi connectivity index (χ2v) is 5.54. The Balaban J connectivity index is 1.91. The molecule has 0 saturated heterocycles. The van der Waals surface area contributed by atoms with Gasteiger partial charge in [-0.1, -0.05) is 42.5 Å². The van der Waals surface area contributed by atoms with Crippen molar-refractivity contribution in [1.29, 1.82) is 0 Å². The number of amides is 3. The molecule has 0 unspecified atom stereocenters. The first-order valence-electron chi connectivity index (χ1n) is 7.75. The average molecular weight is 327 g/mol. The smallest absolute Gasteiger partial charge is 0.239 e. The minimum Gasteiger partial charge on any atom is -0.348 e. The van der Waals surface area contributed by atoms with E-state index in [9.17, 15) is 14.4 Å². The molecular formula is C18H21N3O3. The molecule has 0 aromatic heterocycles. The van der Waals surface area contributed by atoms with Crippen LogP contribution in [-0.2, 0) is 14.4 Å². The van der Waals surface area contributed by atoms with Crippen LogP contribution in [0, 0.1) is 0 Å². The number of fused-ring (bicyclic) bond motifs is 1. The van der Waals surface area contributed by atoms with Crippen molar-refractivity contribution in [3.8, 4) is 0 Å². The van der Waals surface area contributed by atoms with Gasteiger partial charge < -0.3 is 16.0 Å². The van der Waals surface area contributed by atoms with E-state index >= 15 is 0 Å². The zero-order valence-electron chi connectivity index (χ0n) is 13.8. The van der Waals surface area contributed by atoms with Gasteiger partial charge in [-0.25, -0.2) is 0 Å². The summed E-state index contributed by atoms with van der Waals surface area (Å²) < 4.78 is 0. The normalized spacial score (nSPS) is 11.6. The van der Waals surface area contributed by atoms with Crippen molar-refractivity contribution in [3.05, 3.63) is 48.0 Å². The van der Waals surface area contributed by atoms with Gasteiger partial charge in [0.2, 0.25) is 17.7 Å². The van der Waals surface area contributed by atoms with E-state index in [0.29, 0.717) is 0 Å². The van der Waals surface area contributed by atoms with Crippen LogP contribution in [0.15, 0.2) is 42.5 Å². The Bertz CT molecular complexity index is 753. The SMILES string of the molecule is CC(=O)NCC(=O)NCC(=O)N[C@@H](C)c1cccc2ccccc12. The van der Waals surface area contributed by atoms with Crippen molar-refractivity contribution >= 4 is 28.5 Å². The topological polar surface area (TPSA) is 87.3 Å². The lowest BCUT2D eigenvalue weighted by atomic mass is 10.00. The maximum absolute atomic E-state index is 12.0. The summed E-state index contributed by atoms with van der Waals surface area (Å²) in [5.41, 5.74) is 1.02. The van der Waals surface area contributed by atoms with Crippen LogP contribution >= 0.6 is 0 Å². The molecule has 0 saturated carbocycles. The first-order chi connectivity index (χ1) is 11.5. The fraction of sp³-hybridized carbons (Fsp3) is 0.278. The van der Waals surface area contributed by atoms with Crippen LogP contribution in [0.1, 0.15) is 25.5 Å². The summed E-state index contributed by atoms with van der Waals surface area (Å²) in [6, 6.07) is 13.7. The lowest BCUT2D eigenvalue weighted by molar-refractivity contribution is -0.127. The molecule has 0 bridgehead atoms. The monoisotopic (exact) mass is 327 g/mol. The first kappa shape index (κ1) is 17.5. The molecule has 0 aliphatic heterocycles. The molecule has 2 aromatic rings. The second-order valence-electron chi connectivity index (χ2n) is 5.54. The van der Waals surface area contributed by atoms with Crippen molar-refractivity contribution in [1.82, 2.24) is 16.0 Å². The lowest BCUT2D eigenvalue weighted by Gasteiger charge is -2.17. The zero-order chi connectivity index (χ0) is 17.5. The number of carbonyl (C=O) groups is 3. The van der Waals surface area contributed by atoms with Crippen LogP contribution in [0.3, 0.4) is 0 Å². The van der Waals surface area contributed by atoms with Gasteiger partial charge in [0, 0.05) is 6.92 Å². The highest BCUT2D eigenvalue weighted by atomic mass is 16.2. The van der Waals surface area contributed by atoms with Crippen molar-refractivity contribution in [2.45, 2.75) is 19.9 Å². The Morgan fingerprint density at radius 1 is 0.917 bits per heavy atom.